The molecule has 3 atom stereocenters. The van der Waals surface area contributed by atoms with E-state index in [1.165, 1.54) is 12.8 Å². The van der Waals surface area contributed by atoms with Crippen LogP contribution in [0.4, 0.5) is 0 Å². The quantitative estimate of drug-likeness (QED) is 0.590. The third kappa shape index (κ3) is 12.0. The van der Waals surface area contributed by atoms with Gasteiger partial charge in [-0.25, -0.2) is 0 Å². The van der Waals surface area contributed by atoms with Crippen LogP contribution in [0.25, 0.3) is 0 Å². The molecule has 0 aliphatic heterocycles. The van der Waals surface area contributed by atoms with E-state index in [2.05, 4.69) is 20.8 Å². The second-order valence-corrected chi connectivity index (χ2v) is 5.74. The van der Waals surface area contributed by atoms with Gasteiger partial charge in [-0.15, -0.1) is 0 Å². The van der Waals surface area contributed by atoms with Gasteiger partial charge in [0.25, 0.3) is 0 Å². The third-order valence-electron chi connectivity index (χ3n) is 2.99. The molecule has 0 heterocycles. The van der Waals surface area contributed by atoms with Gasteiger partial charge < -0.3 is 5.11 Å². The Morgan fingerprint density at radius 1 is 1.18 bits per heavy atom. The van der Waals surface area contributed by atoms with Gasteiger partial charge in [-0.3, -0.25) is 9.11 Å². The van der Waals surface area contributed by atoms with Crippen molar-refractivity contribution in [3.8, 4) is 0 Å². The van der Waals surface area contributed by atoms with Gasteiger partial charge in [-0.05, 0) is 30.6 Å². The van der Waals surface area contributed by atoms with Crippen molar-refractivity contribution in [2.24, 2.45) is 17.8 Å². The molecule has 3 N–H and O–H groups in total. The largest absolute Gasteiger partial charge is 0.394 e. The number of aliphatic hydroxyl groups excluding tert-OH is 1. The molecule has 0 spiro atoms. The third-order valence-corrected chi connectivity index (χ3v) is 2.99. The van der Waals surface area contributed by atoms with Crippen LogP contribution in [-0.4, -0.2) is 28.7 Å². The zero-order chi connectivity index (χ0) is 12.9. The maximum atomic E-state index is 9.71. The van der Waals surface area contributed by atoms with Crippen molar-refractivity contribution < 1.29 is 64.4 Å². The first kappa shape index (κ1) is 20.5. The summed E-state index contributed by atoms with van der Waals surface area (Å²) in [4.78, 5) is 0. The second-order valence-electron chi connectivity index (χ2n) is 4.84. The fourth-order valence-corrected chi connectivity index (χ4v) is 2.15. The molecule has 0 bridgehead atoms. The van der Waals surface area contributed by atoms with Gasteiger partial charge in [-0.2, -0.15) is 8.42 Å². The van der Waals surface area contributed by atoms with Crippen LogP contribution in [0.15, 0.2) is 0 Å². The average molecular weight is 394 g/mol. The molecule has 0 amide bonds. The molecule has 0 saturated heterocycles. The Kier molecular flexibility index (Phi) is 11.1. The van der Waals surface area contributed by atoms with Gasteiger partial charge in [0.15, 0.2) is 0 Å². The summed E-state index contributed by atoms with van der Waals surface area (Å²) in [5.74, 6) is 1.95. The zero-order valence-electron chi connectivity index (χ0n) is 10.5. The molecule has 5 nitrogen and oxygen atoms in total. The van der Waals surface area contributed by atoms with E-state index in [0.29, 0.717) is 11.8 Å². The molecule has 0 aromatic carbocycles. The SMILES string of the molecule is CC(C)[C@@H]1CC[C@@H](C)C[C@H]1O.O=S(=O)(O)O.[Ce]. The van der Waals surface area contributed by atoms with Gasteiger partial charge in [0, 0.05) is 41.7 Å². The molecule has 1 aliphatic rings. The molecule has 17 heavy (non-hydrogen) atoms. The van der Waals surface area contributed by atoms with Crippen LogP contribution in [-0.2, 0) is 10.4 Å². The zero-order valence-corrected chi connectivity index (χ0v) is 14.5. The summed E-state index contributed by atoms with van der Waals surface area (Å²) >= 11 is 0. The van der Waals surface area contributed by atoms with E-state index in [-0.39, 0.29) is 47.9 Å². The van der Waals surface area contributed by atoms with E-state index in [1.54, 1.807) is 0 Å². The number of hydrogen-bond donors (Lipinski definition) is 3. The summed E-state index contributed by atoms with van der Waals surface area (Å²) in [6.07, 6.45) is 3.52. The second kappa shape index (κ2) is 9.16. The first-order chi connectivity index (χ1) is 7.11. The van der Waals surface area contributed by atoms with Crippen LogP contribution in [0.5, 0.6) is 0 Å². The monoisotopic (exact) mass is 394 g/mol. The predicted molar refractivity (Wildman–Crippen MR) is 61.5 cm³/mol. The molecule has 102 valence electrons. The van der Waals surface area contributed by atoms with Crippen LogP contribution in [0.1, 0.15) is 40.0 Å². The van der Waals surface area contributed by atoms with Crippen LogP contribution in [0, 0.1) is 59.5 Å². The standard InChI is InChI=1S/C10H20O.Ce.H2O4S/c1-7(2)9-5-4-8(3)6-10(9)11;;1-5(2,3)4/h7-11H,4-6H2,1-3H3;;(H2,1,2,3,4)/t8-,9+,10-;;/m1../s1. The Hall–Kier alpha value is 1.21. The Bertz CT molecular complexity index is 283. The van der Waals surface area contributed by atoms with Crippen LogP contribution in [0.2, 0.25) is 0 Å². The topological polar surface area (TPSA) is 94.8 Å². The minimum absolute atomic E-state index is 0. The molecule has 1 saturated carbocycles. The van der Waals surface area contributed by atoms with E-state index in [1.807, 2.05) is 0 Å². The molecule has 0 radical (unpaired) electrons. The maximum Gasteiger partial charge on any atom is 0.394 e. The maximum absolute atomic E-state index is 9.71. The fourth-order valence-electron chi connectivity index (χ4n) is 2.15. The summed E-state index contributed by atoms with van der Waals surface area (Å²) in [7, 11) is -4.67. The van der Waals surface area contributed by atoms with Gasteiger partial charge in [0.05, 0.1) is 6.10 Å². The predicted octanol–water partition coefficient (Wildman–Crippen LogP) is 1.79. The Balaban J connectivity index is 0. The minimum atomic E-state index is -4.67. The van der Waals surface area contributed by atoms with Gasteiger partial charge in [0.2, 0.25) is 0 Å². The minimum Gasteiger partial charge on any atom is -0.393 e. The Morgan fingerprint density at radius 3 is 1.88 bits per heavy atom. The normalized spacial score (nSPS) is 29.0. The van der Waals surface area contributed by atoms with Crippen molar-refractivity contribution >= 4 is 10.4 Å². The van der Waals surface area contributed by atoms with Crippen LogP contribution < -0.4 is 0 Å². The summed E-state index contributed by atoms with van der Waals surface area (Å²) in [6, 6.07) is 0. The van der Waals surface area contributed by atoms with Gasteiger partial charge in [0.1, 0.15) is 0 Å². The molecule has 7 heteroatoms. The summed E-state index contributed by atoms with van der Waals surface area (Å²) in [6.45, 7) is 6.66. The Morgan fingerprint density at radius 2 is 1.59 bits per heavy atom. The van der Waals surface area contributed by atoms with Crippen LogP contribution >= 0.6 is 0 Å². The Labute approximate surface area is 137 Å². The first-order valence-corrected chi connectivity index (χ1v) is 6.89. The van der Waals surface area contributed by atoms with E-state index in [4.69, 9.17) is 17.5 Å². The summed E-state index contributed by atoms with van der Waals surface area (Å²) in [5.41, 5.74) is 0. The van der Waals surface area contributed by atoms with Crippen molar-refractivity contribution in [2.45, 2.75) is 46.1 Å². The molecular formula is C10H22CeO5S. The van der Waals surface area contributed by atoms with Crippen molar-refractivity contribution in [3.63, 3.8) is 0 Å². The van der Waals surface area contributed by atoms with Crippen LogP contribution in [0.3, 0.4) is 0 Å². The van der Waals surface area contributed by atoms with E-state index in [9.17, 15) is 5.11 Å². The molecular weight excluding hydrogens is 372 g/mol. The van der Waals surface area contributed by atoms with Crippen molar-refractivity contribution in [1.29, 1.82) is 0 Å². The summed E-state index contributed by atoms with van der Waals surface area (Å²) in [5, 5.41) is 9.71. The van der Waals surface area contributed by atoms with E-state index in [0.717, 1.165) is 12.3 Å². The molecule has 0 aromatic heterocycles. The molecule has 1 rings (SSSR count). The molecule has 0 unspecified atom stereocenters. The smallest absolute Gasteiger partial charge is 0.393 e. The molecule has 0 aromatic rings. The molecule has 1 aliphatic carbocycles. The number of hydrogen-bond acceptors (Lipinski definition) is 3. The average Bonchev–Trinajstić information content (AvgIpc) is 1.99. The number of rotatable bonds is 1. The van der Waals surface area contributed by atoms with Crippen molar-refractivity contribution in [2.75, 3.05) is 0 Å². The fraction of sp³-hybridized carbons (Fsp3) is 1.00. The van der Waals surface area contributed by atoms with E-state index >= 15 is 0 Å². The van der Waals surface area contributed by atoms with Gasteiger partial charge >= 0.3 is 10.4 Å². The molecule has 1 fully saturated rings. The van der Waals surface area contributed by atoms with Crippen molar-refractivity contribution in [1.82, 2.24) is 0 Å². The van der Waals surface area contributed by atoms with E-state index < -0.39 is 10.4 Å². The summed E-state index contributed by atoms with van der Waals surface area (Å²) < 4.78 is 31.6. The first-order valence-electron chi connectivity index (χ1n) is 5.49. The van der Waals surface area contributed by atoms with Gasteiger partial charge in [-0.1, -0.05) is 27.2 Å². The van der Waals surface area contributed by atoms with Crippen molar-refractivity contribution in [3.05, 3.63) is 0 Å². The number of aliphatic hydroxyl groups is 1.